The molecule has 1 saturated heterocycles. The summed E-state index contributed by atoms with van der Waals surface area (Å²) < 4.78 is 21.5. The Bertz CT molecular complexity index is 1160. The number of halogens is 1. The lowest BCUT2D eigenvalue weighted by Gasteiger charge is -2.28. The number of furan rings is 1. The second kappa shape index (κ2) is 7.76. The predicted octanol–water partition coefficient (Wildman–Crippen LogP) is 4.78. The van der Waals surface area contributed by atoms with Gasteiger partial charge in [-0.3, -0.25) is 4.98 Å². The van der Waals surface area contributed by atoms with Gasteiger partial charge in [-0.05, 0) is 66.8 Å². The minimum absolute atomic E-state index is 0.157. The molecule has 0 amide bonds. The maximum Gasteiger partial charge on any atom is 0.170 e. The molecule has 5 rings (SSSR count). The van der Waals surface area contributed by atoms with Crippen LogP contribution in [0.5, 0.6) is 0 Å². The monoisotopic (exact) mass is 418 g/mol. The summed E-state index contributed by atoms with van der Waals surface area (Å²) in [6.45, 7) is 0.515. The van der Waals surface area contributed by atoms with Crippen LogP contribution in [0.4, 0.5) is 4.39 Å². The van der Waals surface area contributed by atoms with E-state index in [-0.39, 0.29) is 17.9 Å². The zero-order valence-electron chi connectivity index (χ0n) is 16.0. The molecule has 150 valence electrons. The van der Waals surface area contributed by atoms with Crippen LogP contribution in [0.15, 0.2) is 89.8 Å². The van der Waals surface area contributed by atoms with Crippen LogP contribution < -0.4 is 5.32 Å². The highest BCUT2D eigenvalue weighted by molar-refractivity contribution is 7.80. The molecule has 1 N–H and O–H groups in total. The zero-order valence-corrected chi connectivity index (χ0v) is 16.8. The van der Waals surface area contributed by atoms with E-state index in [4.69, 9.17) is 16.6 Å². The number of pyridine rings is 1. The van der Waals surface area contributed by atoms with Gasteiger partial charge in [-0.2, -0.15) is 0 Å². The summed E-state index contributed by atoms with van der Waals surface area (Å²) in [7, 11) is 0. The normalized spacial score (nSPS) is 18.6. The van der Waals surface area contributed by atoms with Crippen molar-refractivity contribution in [2.45, 2.75) is 18.6 Å². The lowest BCUT2D eigenvalue weighted by Crippen LogP contribution is -2.29. The van der Waals surface area contributed by atoms with Gasteiger partial charge < -0.3 is 19.2 Å². The second-order valence-corrected chi connectivity index (χ2v) is 7.50. The van der Waals surface area contributed by atoms with E-state index in [2.05, 4.69) is 15.2 Å². The summed E-state index contributed by atoms with van der Waals surface area (Å²) in [6, 6.07) is 19.9. The largest absolute Gasteiger partial charge is 0.467 e. The van der Waals surface area contributed by atoms with Crippen molar-refractivity contribution in [3.05, 3.63) is 108 Å². The van der Waals surface area contributed by atoms with Crippen LogP contribution in [0.3, 0.4) is 0 Å². The van der Waals surface area contributed by atoms with Gasteiger partial charge in [-0.1, -0.05) is 12.1 Å². The molecule has 0 aliphatic carbocycles. The SMILES string of the molecule is Fc1cccc(-n2cccc2C2C(c3ccccn3)NC(=S)N2Cc2ccco2)c1. The van der Waals surface area contributed by atoms with Crippen molar-refractivity contribution in [2.75, 3.05) is 0 Å². The molecule has 1 fully saturated rings. The molecular formula is C23H19FN4OS. The van der Waals surface area contributed by atoms with Crippen molar-refractivity contribution in [3.63, 3.8) is 0 Å². The first kappa shape index (κ1) is 18.6. The van der Waals surface area contributed by atoms with Crippen molar-refractivity contribution in [2.24, 2.45) is 0 Å². The standard InChI is InChI=1S/C23H19FN4OS/c24-16-6-3-7-17(14-16)27-12-4-10-20(27)22-21(19-9-1-2-11-25-19)26-23(30)28(22)15-18-8-5-13-29-18/h1-14,21-22H,15H2,(H,26,30). The number of thiocarbonyl (C=S) groups is 1. The smallest absolute Gasteiger partial charge is 0.170 e. The molecule has 2 atom stereocenters. The second-order valence-electron chi connectivity index (χ2n) is 7.12. The molecule has 3 aromatic heterocycles. The van der Waals surface area contributed by atoms with Gasteiger partial charge in [-0.15, -0.1) is 0 Å². The zero-order chi connectivity index (χ0) is 20.5. The van der Waals surface area contributed by atoms with Crippen molar-refractivity contribution in [1.29, 1.82) is 0 Å². The fourth-order valence-corrected chi connectivity index (χ4v) is 4.27. The summed E-state index contributed by atoms with van der Waals surface area (Å²) in [5.74, 6) is 0.538. The summed E-state index contributed by atoms with van der Waals surface area (Å²) in [5.41, 5.74) is 2.62. The molecule has 0 spiro atoms. The number of nitrogens with zero attached hydrogens (tertiary/aromatic N) is 3. The quantitative estimate of drug-likeness (QED) is 0.473. The molecule has 4 heterocycles. The van der Waals surface area contributed by atoms with Gasteiger partial charge >= 0.3 is 0 Å². The van der Waals surface area contributed by atoms with Gasteiger partial charge in [0.05, 0.1) is 30.6 Å². The molecule has 4 aromatic rings. The van der Waals surface area contributed by atoms with Gasteiger partial charge in [0, 0.05) is 23.8 Å². The third kappa shape index (κ3) is 3.37. The first-order chi connectivity index (χ1) is 14.7. The molecule has 1 aliphatic rings. The Labute approximate surface area is 178 Å². The summed E-state index contributed by atoms with van der Waals surface area (Å²) in [6.07, 6.45) is 5.37. The van der Waals surface area contributed by atoms with Crippen LogP contribution in [0.25, 0.3) is 5.69 Å². The van der Waals surface area contributed by atoms with Crippen molar-refractivity contribution in [1.82, 2.24) is 19.8 Å². The number of aromatic nitrogens is 2. The highest BCUT2D eigenvalue weighted by Gasteiger charge is 2.41. The minimum Gasteiger partial charge on any atom is -0.467 e. The van der Waals surface area contributed by atoms with Gasteiger partial charge in [0.25, 0.3) is 0 Å². The van der Waals surface area contributed by atoms with E-state index >= 15 is 0 Å². The number of hydrogen-bond donors (Lipinski definition) is 1. The van der Waals surface area contributed by atoms with E-state index in [0.717, 1.165) is 22.8 Å². The number of nitrogens with one attached hydrogen (secondary N) is 1. The lowest BCUT2D eigenvalue weighted by atomic mass is 10.0. The average molecular weight is 418 g/mol. The van der Waals surface area contributed by atoms with E-state index < -0.39 is 0 Å². The maximum absolute atomic E-state index is 13.9. The Kier molecular flexibility index (Phi) is 4.80. The fourth-order valence-electron chi connectivity index (χ4n) is 3.96. The van der Waals surface area contributed by atoms with Crippen molar-refractivity contribution in [3.8, 4) is 5.69 Å². The van der Waals surface area contributed by atoms with Gasteiger partial charge in [0.15, 0.2) is 5.11 Å². The van der Waals surface area contributed by atoms with Crippen LogP contribution in [0.2, 0.25) is 0 Å². The van der Waals surface area contributed by atoms with E-state index in [0.29, 0.717) is 11.7 Å². The van der Waals surface area contributed by atoms with E-state index in [1.807, 2.05) is 59.3 Å². The van der Waals surface area contributed by atoms with E-state index in [9.17, 15) is 4.39 Å². The Hall–Kier alpha value is -3.45. The third-order valence-corrected chi connectivity index (χ3v) is 5.63. The van der Waals surface area contributed by atoms with Crippen molar-refractivity contribution >= 4 is 17.3 Å². The molecule has 5 nitrogen and oxygen atoms in total. The molecule has 1 aliphatic heterocycles. The fraction of sp³-hybridized carbons (Fsp3) is 0.130. The molecule has 7 heteroatoms. The van der Waals surface area contributed by atoms with Gasteiger partial charge in [0.1, 0.15) is 11.6 Å². The topological polar surface area (TPSA) is 46.2 Å². The van der Waals surface area contributed by atoms with E-state index in [1.54, 1.807) is 18.5 Å². The summed E-state index contributed by atoms with van der Waals surface area (Å²) in [5, 5.41) is 4.05. The number of benzene rings is 1. The molecule has 1 aromatic carbocycles. The van der Waals surface area contributed by atoms with Crippen LogP contribution >= 0.6 is 12.2 Å². The summed E-state index contributed by atoms with van der Waals surface area (Å²) >= 11 is 5.70. The van der Waals surface area contributed by atoms with Crippen LogP contribution in [-0.2, 0) is 6.54 Å². The van der Waals surface area contributed by atoms with E-state index in [1.165, 1.54) is 12.1 Å². The maximum atomic E-state index is 13.9. The highest BCUT2D eigenvalue weighted by atomic mass is 32.1. The molecular weight excluding hydrogens is 399 g/mol. The summed E-state index contributed by atoms with van der Waals surface area (Å²) in [4.78, 5) is 6.66. The average Bonchev–Trinajstić information content (AvgIpc) is 3.50. The molecule has 0 bridgehead atoms. The Morgan fingerprint density at radius 3 is 2.77 bits per heavy atom. The van der Waals surface area contributed by atoms with Gasteiger partial charge in [0.2, 0.25) is 0 Å². The first-order valence-corrected chi connectivity index (χ1v) is 10.1. The predicted molar refractivity (Wildman–Crippen MR) is 115 cm³/mol. The molecule has 0 saturated carbocycles. The first-order valence-electron chi connectivity index (χ1n) is 9.64. The molecule has 0 radical (unpaired) electrons. The highest BCUT2D eigenvalue weighted by Crippen LogP contribution is 2.40. The van der Waals surface area contributed by atoms with Crippen molar-refractivity contribution < 1.29 is 8.81 Å². The third-order valence-electron chi connectivity index (χ3n) is 5.27. The number of rotatable bonds is 5. The Morgan fingerprint density at radius 1 is 1.07 bits per heavy atom. The Morgan fingerprint density at radius 2 is 2.00 bits per heavy atom. The van der Waals surface area contributed by atoms with Crippen LogP contribution in [0, 0.1) is 5.82 Å². The van der Waals surface area contributed by atoms with Crippen LogP contribution in [-0.4, -0.2) is 19.6 Å². The molecule has 30 heavy (non-hydrogen) atoms. The number of hydrogen-bond acceptors (Lipinski definition) is 3. The lowest BCUT2D eigenvalue weighted by molar-refractivity contribution is 0.280. The van der Waals surface area contributed by atoms with Gasteiger partial charge in [-0.25, -0.2) is 4.39 Å². The van der Waals surface area contributed by atoms with Crippen LogP contribution in [0.1, 0.15) is 29.2 Å². The minimum atomic E-state index is -0.277. The molecule has 2 unspecified atom stereocenters. The Balaban J connectivity index is 1.61.